The molecule has 0 radical (unpaired) electrons. The molecular weight excluding hydrogens is 1450 g/mol. The molecule has 0 saturated heterocycles. The van der Waals surface area contributed by atoms with Gasteiger partial charge in [-0.2, -0.15) is 0 Å². The topological polar surface area (TPSA) is 134 Å². The Labute approximate surface area is 693 Å². The lowest BCUT2D eigenvalue weighted by atomic mass is 10.0. The van der Waals surface area contributed by atoms with Crippen LogP contribution in [0.5, 0.6) is 46.0 Å². The summed E-state index contributed by atoms with van der Waals surface area (Å²) in [5.41, 5.74) is -0.0304. The van der Waals surface area contributed by atoms with Crippen molar-refractivity contribution in [3.63, 3.8) is 0 Å². The summed E-state index contributed by atoms with van der Waals surface area (Å²) in [5.74, 6) is 48.2. The Kier molecular flexibility index (Phi) is 52.1. The van der Waals surface area contributed by atoms with Crippen LogP contribution in [0.4, 0.5) is 8.78 Å². The molecular formula is C102H114F2N2O10. The molecule has 0 amide bonds. The van der Waals surface area contributed by atoms with Gasteiger partial charge in [-0.15, -0.1) is 12.8 Å². The van der Waals surface area contributed by atoms with E-state index in [9.17, 15) is 9.59 Å². The van der Waals surface area contributed by atoms with Gasteiger partial charge in [0.05, 0.1) is 48.9 Å². The molecule has 0 bridgehead atoms. The zero-order valence-corrected chi connectivity index (χ0v) is 68.9. The smallest absolute Gasteiger partial charge is 0.345 e. The molecule has 606 valence electrons. The first-order valence-electron chi connectivity index (χ1n) is 42.1. The number of rotatable bonds is 56. The molecule has 0 aliphatic rings. The van der Waals surface area contributed by atoms with Crippen molar-refractivity contribution < 1.29 is 56.3 Å². The van der Waals surface area contributed by atoms with Gasteiger partial charge in [-0.3, -0.25) is 9.97 Å². The number of esters is 2. The Balaban J connectivity index is 1.39. The molecule has 0 saturated carbocycles. The quantitative estimate of drug-likeness (QED) is 0.0159. The van der Waals surface area contributed by atoms with Crippen LogP contribution in [0.15, 0.2) is 73.1 Å². The summed E-state index contributed by atoms with van der Waals surface area (Å²) in [4.78, 5) is 37.1. The standard InChI is InChI=1S/C102H114F2N2O10/c1-7-13-19-25-31-37-43-49-55-61-71-109-95-77-87(78-96(110-72-62-56-50-44-38-32-26-20-14-8-2)99(95)113-75-65-59-53-47-41-35-29-23-17-11-5)115-101(107)85-67-69-93(105-83-85)89-81-90(92(104)82-91(89)103)94-70-68-86(84-106-94)102(108)116-88-79-97(111-73-63-57-51-45-39-33-27-21-15-9-3)100(114-76-66-60-54-48-42-36-30-24-18-12-6)98(80-88)112-74-64-58-52-46-40-34-28-22-16-10-4/h1,3,67-70,77-84H,8,10-12,14,16-18,20,22-24,26,28-30,32,34-36,38,40-42,44,46-48,50,52-54,56,58-60,62,64-66,72,74-76H2,2,4-6H3. The van der Waals surface area contributed by atoms with Gasteiger partial charge in [-0.25, -0.2) is 18.4 Å². The summed E-state index contributed by atoms with van der Waals surface area (Å²) in [7, 11) is 0. The van der Waals surface area contributed by atoms with Gasteiger partial charge in [0.1, 0.15) is 35.3 Å². The van der Waals surface area contributed by atoms with Crippen molar-refractivity contribution in [2.45, 2.75) is 285 Å². The van der Waals surface area contributed by atoms with Crippen LogP contribution in [0.25, 0.3) is 22.5 Å². The average Bonchev–Trinajstić information content (AvgIpc) is 0.766. The number of pyridine rings is 2. The third kappa shape index (κ3) is 41.9. The van der Waals surface area contributed by atoms with Crippen molar-refractivity contribution in [2.24, 2.45) is 0 Å². The Hall–Kier alpha value is -11.7. The first kappa shape index (κ1) is 94.9. The molecule has 14 heteroatoms. The summed E-state index contributed by atoms with van der Waals surface area (Å²) < 4.78 is 81.7. The number of unbranched alkanes of at least 4 members (excludes halogenated alkanes) is 36. The summed E-state index contributed by atoms with van der Waals surface area (Å²) in [6.45, 7) is 10.4. The number of hydrogen-bond donors (Lipinski definition) is 0. The number of aromatic nitrogens is 2. The van der Waals surface area contributed by atoms with Crippen molar-refractivity contribution in [3.8, 4) is 212 Å². The molecule has 116 heavy (non-hydrogen) atoms. The van der Waals surface area contributed by atoms with Crippen LogP contribution < -0.4 is 37.9 Å². The molecule has 2 aromatic heterocycles. The third-order valence-electron chi connectivity index (χ3n) is 18.6. The van der Waals surface area contributed by atoms with E-state index in [1.165, 1.54) is 209 Å². The summed E-state index contributed by atoms with van der Waals surface area (Å²) in [6, 6.07) is 13.8. The van der Waals surface area contributed by atoms with E-state index in [-0.39, 0.29) is 68.1 Å². The minimum Gasteiger partial charge on any atom is -0.489 e. The minimum absolute atomic E-state index is 0.00913. The molecule has 0 atom stereocenters. The molecule has 0 fully saturated rings. The number of carbonyl (C=O) groups excluding carboxylic acids is 2. The Morgan fingerprint density at radius 1 is 0.310 bits per heavy atom. The fourth-order valence-electron chi connectivity index (χ4n) is 12.3. The Morgan fingerprint density at radius 3 is 0.845 bits per heavy atom. The van der Waals surface area contributed by atoms with Gasteiger partial charge < -0.3 is 37.9 Å². The molecule has 0 aliphatic heterocycles. The summed E-state index contributed by atoms with van der Waals surface area (Å²) in [6.07, 6.45) is 63.9. The maximum Gasteiger partial charge on any atom is 0.345 e. The second-order valence-electron chi connectivity index (χ2n) is 28.0. The number of nitrogens with zero attached hydrogens (tertiary/aromatic N) is 2. The van der Waals surface area contributed by atoms with Crippen molar-refractivity contribution >= 4 is 11.9 Å². The van der Waals surface area contributed by atoms with Gasteiger partial charge in [0.2, 0.25) is 11.5 Å². The Bertz CT molecular complexity index is 4290. The number of terminal acetylenes is 2. The lowest BCUT2D eigenvalue weighted by Crippen LogP contribution is -2.10. The molecule has 2 heterocycles. The van der Waals surface area contributed by atoms with Crippen molar-refractivity contribution in [2.75, 3.05) is 26.4 Å². The van der Waals surface area contributed by atoms with E-state index in [1.807, 2.05) is 0 Å². The molecule has 12 nitrogen and oxygen atoms in total. The SMILES string of the molecule is C#CC#CC#CC#CC#CC#COc1cc(OC(=O)c2ccc(-c3cc(-c4ccc(C(=O)Oc5cc(OC#CC#CC#CC#CC#CC#C)c(OCCCCCCCCCCCC)c(OCCCCCCCCCCCC)c5)cn4)c(F)cc3F)nc2)cc(OCCCCCCCCCCCC)c1OCCCCCCCCCCCC. The fraction of sp³-hybridized carbons (Fsp3) is 0.471. The lowest BCUT2D eigenvalue weighted by molar-refractivity contribution is 0.0723. The number of ether oxygens (including phenoxy) is 8. The average molecular weight is 1570 g/mol. The van der Waals surface area contributed by atoms with Gasteiger partial charge in [0, 0.05) is 113 Å². The largest absolute Gasteiger partial charge is 0.489 e. The van der Waals surface area contributed by atoms with Crippen LogP contribution in [-0.2, 0) is 0 Å². The van der Waals surface area contributed by atoms with Gasteiger partial charge in [0.25, 0.3) is 0 Å². The zero-order chi connectivity index (χ0) is 82.6. The summed E-state index contributed by atoms with van der Waals surface area (Å²) >= 11 is 0. The molecule has 5 aromatic rings. The maximum atomic E-state index is 16.0. The van der Waals surface area contributed by atoms with E-state index < -0.39 is 23.6 Å². The van der Waals surface area contributed by atoms with Crippen LogP contribution in [0.1, 0.15) is 305 Å². The van der Waals surface area contributed by atoms with Crippen LogP contribution in [0.3, 0.4) is 0 Å². The second-order valence-corrected chi connectivity index (χ2v) is 28.0. The van der Waals surface area contributed by atoms with Crippen LogP contribution >= 0.6 is 0 Å². The van der Waals surface area contributed by atoms with Gasteiger partial charge in [-0.1, -0.05) is 259 Å². The number of carbonyl (C=O) groups is 2. The van der Waals surface area contributed by atoms with E-state index in [1.54, 1.807) is 12.1 Å². The van der Waals surface area contributed by atoms with Crippen molar-refractivity contribution in [3.05, 3.63) is 95.8 Å². The van der Waals surface area contributed by atoms with Crippen LogP contribution in [-0.4, -0.2) is 48.3 Å². The second kappa shape index (κ2) is 63.7. The van der Waals surface area contributed by atoms with E-state index >= 15 is 8.78 Å². The van der Waals surface area contributed by atoms with E-state index in [0.29, 0.717) is 37.9 Å². The van der Waals surface area contributed by atoms with E-state index in [4.69, 9.17) is 50.7 Å². The first-order valence-corrected chi connectivity index (χ1v) is 42.1. The number of halogens is 2. The third-order valence-corrected chi connectivity index (χ3v) is 18.6. The van der Waals surface area contributed by atoms with Crippen molar-refractivity contribution in [1.29, 1.82) is 0 Å². The molecule has 0 spiro atoms. The minimum atomic E-state index is -0.926. The van der Waals surface area contributed by atoms with Gasteiger partial charge in [-0.05, 0) is 115 Å². The Morgan fingerprint density at radius 2 is 0.569 bits per heavy atom. The van der Waals surface area contributed by atoms with Crippen LogP contribution in [0.2, 0.25) is 0 Å². The molecule has 5 rings (SSSR count). The molecule has 0 N–H and O–H groups in total. The molecule has 0 unspecified atom stereocenters. The number of benzene rings is 3. The van der Waals surface area contributed by atoms with Crippen LogP contribution in [0, 0.1) is 155 Å². The predicted molar refractivity (Wildman–Crippen MR) is 462 cm³/mol. The highest BCUT2D eigenvalue weighted by molar-refractivity contribution is 5.92. The highest BCUT2D eigenvalue weighted by Gasteiger charge is 2.23. The van der Waals surface area contributed by atoms with E-state index in [0.717, 1.165) is 109 Å². The number of hydrogen-bond acceptors (Lipinski definition) is 12. The monoisotopic (exact) mass is 1560 g/mol. The van der Waals surface area contributed by atoms with E-state index in [2.05, 4.69) is 168 Å². The summed E-state index contributed by atoms with van der Waals surface area (Å²) in [5, 5.41) is 0. The highest BCUT2D eigenvalue weighted by atomic mass is 19.1. The molecule has 0 aliphatic carbocycles. The highest BCUT2D eigenvalue weighted by Crippen LogP contribution is 2.44. The van der Waals surface area contributed by atoms with Gasteiger partial charge in [0.15, 0.2) is 23.0 Å². The first-order chi connectivity index (χ1) is 57.1. The predicted octanol–water partition coefficient (Wildman–Crippen LogP) is 23.7. The zero-order valence-electron chi connectivity index (χ0n) is 68.9. The fourth-order valence-corrected chi connectivity index (χ4v) is 12.3. The normalized spacial score (nSPS) is 9.83. The molecule has 3 aromatic carbocycles. The van der Waals surface area contributed by atoms with Gasteiger partial charge >= 0.3 is 11.9 Å². The van der Waals surface area contributed by atoms with Crippen molar-refractivity contribution in [1.82, 2.24) is 9.97 Å². The maximum absolute atomic E-state index is 16.0. The lowest BCUT2D eigenvalue weighted by Gasteiger charge is -2.17.